The van der Waals surface area contributed by atoms with Crippen LogP contribution in [0.25, 0.3) is 10.6 Å². The third kappa shape index (κ3) is 2.36. The minimum Gasteiger partial charge on any atom is -0.497 e. The van der Waals surface area contributed by atoms with Gasteiger partial charge < -0.3 is 9.84 Å². The number of rotatable bonds is 4. The molecule has 0 fully saturated rings. The quantitative estimate of drug-likeness (QED) is 0.920. The second kappa shape index (κ2) is 5.18. The summed E-state index contributed by atoms with van der Waals surface area (Å²) in [5.41, 5.74) is 1.54. The first-order chi connectivity index (χ1) is 8.65. The number of hydrogen-bond acceptors (Lipinski definition) is 4. The van der Waals surface area contributed by atoms with Gasteiger partial charge in [0.1, 0.15) is 15.6 Å². The number of carboxylic acid groups (broad SMARTS) is 1. The van der Waals surface area contributed by atoms with Crippen LogP contribution < -0.4 is 4.74 Å². The van der Waals surface area contributed by atoms with Gasteiger partial charge in [0.05, 0.1) is 12.8 Å². The Hall–Kier alpha value is -1.88. The molecule has 94 valence electrons. The summed E-state index contributed by atoms with van der Waals surface area (Å²) in [7, 11) is 1.61. The van der Waals surface area contributed by atoms with Crippen LogP contribution in [0, 0.1) is 0 Å². The van der Waals surface area contributed by atoms with E-state index in [4.69, 9.17) is 9.84 Å². The lowest BCUT2D eigenvalue weighted by Crippen LogP contribution is -1.97. The number of methoxy groups -OCH3 is 1. The lowest BCUT2D eigenvalue weighted by atomic mass is 10.2. The molecule has 0 bridgehead atoms. The van der Waals surface area contributed by atoms with Gasteiger partial charge in [-0.3, -0.25) is 0 Å². The predicted octanol–water partition coefficient (Wildman–Crippen LogP) is 3.08. The Morgan fingerprint density at radius 1 is 1.39 bits per heavy atom. The maximum absolute atomic E-state index is 11.1. The van der Waals surface area contributed by atoms with Crippen LogP contribution in [0.4, 0.5) is 0 Å². The number of thiazole rings is 1. The molecular weight excluding hydrogens is 250 g/mol. The van der Waals surface area contributed by atoms with Crippen LogP contribution in [0.15, 0.2) is 24.3 Å². The Kier molecular flexibility index (Phi) is 3.62. The molecule has 0 aliphatic rings. The lowest BCUT2D eigenvalue weighted by molar-refractivity contribution is 0.0701. The number of hydrogen-bond donors (Lipinski definition) is 1. The molecule has 0 saturated heterocycles. The monoisotopic (exact) mass is 263 g/mol. The van der Waals surface area contributed by atoms with Gasteiger partial charge in [0.15, 0.2) is 0 Å². The van der Waals surface area contributed by atoms with Crippen molar-refractivity contribution in [1.82, 2.24) is 4.98 Å². The van der Waals surface area contributed by atoms with Gasteiger partial charge in [-0.2, -0.15) is 0 Å². The van der Waals surface area contributed by atoms with Gasteiger partial charge in [-0.05, 0) is 30.7 Å². The van der Waals surface area contributed by atoms with E-state index in [2.05, 4.69) is 4.98 Å². The molecule has 0 amide bonds. The van der Waals surface area contributed by atoms with Gasteiger partial charge in [0.2, 0.25) is 0 Å². The number of carbonyl (C=O) groups is 1. The topological polar surface area (TPSA) is 59.4 Å². The van der Waals surface area contributed by atoms with Crippen LogP contribution in [-0.2, 0) is 6.42 Å². The lowest BCUT2D eigenvalue weighted by Gasteiger charge is -1.99. The number of nitrogens with zero attached hydrogens (tertiary/aromatic N) is 1. The molecule has 4 nitrogen and oxygen atoms in total. The molecule has 1 aromatic heterocycles. The zero-order chi connectivity index (χ0) is 13.1. The molecule has 1 aromatic carbocycles. The zero-order valence-corrected chi connectivity index (χ0v) is 11.0. The number of carboxylic acids is 1. The fourth-order valence-electron chi connectivity index (χ4n) is 1.62. The van der Waals surface area contributed by atoms with Gasteiger partial charge >= 0.3 is 5.97 Å². The van der Waals surface area contributed by atoms with Gasteiger partial charge in [0, 0.05) is 5.56 Å². The zero-order valence-electron chi connectivity index (χ0n) is 10.1. The Labute approximate surface area is 109 Å². The van der Waals surface area contributed by atoms with E-state index in [0.717, 1.165) is 16.3 Å². The van der Waals surface area contributed by atoms with Gasteiger partial charge in [-0.1, -0.05) is 6.92 Å². The minimum atomic E-state index is -0.913. The Morgan fingerprint density at radius 3 is 2.50 bits per heavy atom. The van der Waals surface area contributed by atoms with E-state index in [0.29, 0.717) is 17.0 Å². The van der Waals surface area contributed by atoms with Crippen molar-refractivity contribution in [1.29, 1.82) is 0 Å². The highest BCUT2D eigenvalue weighted by Gasteiger charge is 2.16. The molecular formula is C13H13NO3S. The molecule has 1 heterocycles. The summed E-state index contributed by atoms with van der Waals surface area (Å²) >= 11 is 1.21. The van der Waals surface area contributed by atoms with Gasteiger partial charge in [0.25, 0.3) is 0 Å². The van der Waals surface area contributed by atoms with E-state index in [9.17, 15) is 4.79 Å². The van der Waals surface area contributed by atoms with Crippen molar-refractivity contribution in [3.05, 3.63) is 34.8 Å². The maximum atomic E-state index is 11.1. The van der Waals surface area contributed by atoms with Crippen LogP contribution >= 0.6 is 11.3 Å². The molecule has 2 rings (SSSR count). The normalized spacial score (nSPS) is 10.3. The number of aromatic carboxylic acids is 1. The second-order valence-corrected chi connectivity index (χ2v) is 4.68. The Morgan fingerprint density at radius 2 is 2.06 bits per heavy atom. The number of aromatic nitrogens is 1. The predicted molar refractivity (Wildman–Crippen MR) is 70.4 cm³/mol. The third-order valence-electron chi connectivity index (χ3n) is 2.56. The van der Waals surface area contributed by atoms with Crippen molar-refractivity contribution < 1.29 is 14.6 Å². The SMILES string of the molecule is CCc1nc(-c2ccc(OC)cc2)sc1C(=O)O. The van der Waals surface area contributed by atoms with Crippen molar-refractivity contribution in [3.63, 3.8) is 0 Å². The van der Waals surface area contributed by atoms with Crippen molar-refractivity contribution in [2.75, 3.05) is 7.11 Å². The molecule has 0 radical (unpaired) electrons. The Balaban J connectivity index is 2.40. The molecule has 0 unspecified atom stereocenters. The van der Waals surface area contributed by atoms with Crippen molar-refractivity contribution in [3.8, 4) is 16.3 Å². The second-order valence-electron chi connectivity index (χ2n) is 3.68. The highest BCUT2D eigenvalue weighted by molar-refractivity contribution is 7.17. The van der Waals surface area contributed by atoms with Gasteiger partial charge in [-0.15, -0.1) is 11.3 Å². The number of benzene rings is 1. The largest absolute Gasteiger partial charge is 0.497 e. The molecule has 0 atom stereocenters. The first kappa shape index (κ1) is 12.6. The van der Waals surface area contributed by atoms with Crippen LogP contribution in [-0.4, -0.2) is 23.2 Å². The summed E-state index contributed by atoms with van der Waals surface area (Å²) < 4.78 is 5.08. The number of ether oxygens (including phenoxy) is 1. The molecule has 0 spiro atoms. The van der Waals surface area contributed by atoms with Crippen LogP contribution in [0.2, 0.25) is 0 Å². The van der Waals surface area contributed by atoms with Crippen molar-refractivity contribution >= 4 is 17.3 Å². The summed E-state index contributed by atoms with van der Waals surface area (Å²) in [6, 6.07) is 7.43. The first-order valence-corrected chi connectivity index (χ1v) is 6.34. The van der Waals surface area contributed by atoms with E-state index in [1.165, 1.54) is 11.3 Å². The average molecular weight is 263 g/mol. The number of aryl methyl sites for hydroxylation is 1. The maximum Gasteiger partial charge on any atom is 0.347 e. The highest BCUT2D eigenvalue weighted by Crippen LogP contribution is 2.29. The standard InChI is InChI=1S/C13H13NO3S/c1-3-10-11(13(15)16)18-12(14-10)8-4-6-9(17-2)7-5-8/h4-7H,3H2,1-2H3,(H,15,16). The molecule has 18 heavy (non-hydrogen) atoms. The summed E-state index contributed by atoms with van der Waals surface area (Å²) in [4.78, 5) is 15.8. The highest BCUT2D eigenvalue weighted by atomic mass is 32.1. The summed E-state index contributed by atoms with van der Waals surface area (Å²) in [6.45, 7) is 1.90. The fraction of sp³-hybridized carbons (Fsp3) is 0.231. The molecule has 5 heteroatoms. The molecule has 0 saturated carbocycles. The van der Waals surface area contributed by atoms with E-state index >= 15 is 0 Å². The van der Waals surface area contributed by atoms with E-state index in [1.54, 1.807) is 7.11 Å². The summed E-state index contributed by atoms with van der Waals surface area (Å²) in [6.07, 6.45) is 0.619. The molecule has 2 aromatic rings. The van der Waals surface area contributed by atoms with Crippen LogP contribution in [0.3, 0.4) is 0 Å². The first-order valence-electron chi connectivity index (χ1n) is 5.53. The van der Waals surface area contributed by atoms with Crippen LogP contribution in [0.5, 0.6) is 5.75 Å². The smallest absolute Gasteiger partial charge is 0.347 e. The van der Waals surface area contributed by atoms with E-state index in [1.807, 2.05) is 31.2 Å². The average Bonchev–Trinajstić information content (AvgIpc) is 2.83. The summed E-state index contributed by atoms with van der Waals surface area (Å²) in [5.74, 6) is -0.145. The third-order valence-corrected chi connectivity index (χ3v) is 3.70. The summed E-state index contributed by atoms with van der Waals surface area (Å²) in [5, 5.41) is 9.82. The Bertz CT molecular complexity index is 560. The van der Waals surface area contributed by atoms with Crippen molar-refractivity contribution in [2.45, 2.75) is 13.3 Å². The van der Waals surface area contributed by atoms with Crippen molar-refractivity contribution in [2.24, 2.45) is 0 Å². The van der Waals surface area contributed by atoms with E-state index in [-0.39, 0.29) is 0 Å². The minimum absolute atomic E-state index is 0.323. The molecule has 0 aliphatic heterocycles. The molecule has 0 aliphatic carbocycles. The van der Waals surface area contributed by atoms with Crippen LogP contribution in [0.1, 0.15) is 22.3 Å². The van der Waals surface area contributed by atoms with E-state index < -0.39 is 5.97 Å². The fourth-order valence-corrected chi connectivity index (χ4v) is 2.61. The van der Waals surface area contributed by atoms with Gasteiger partial charge in [-0.25, -0.2) is 9.78 Å². The molecule has 1 N–H and O–H groups in total.